The smallest absolute Gasteiger partial charge is 0.457 e. The van der Waals surface area contributed by atoms with Gasteiger partial charge in [0.05, 0.1) is 6.26 Å². The number of aryl methyl sites for hydroxylation is 1. The van der Waals surface area contributed by atoms with Crippen molar-refractivity contribution in [3.05, 3.63) is 35.6 Å². The van der Waals surface area contributed by atoms with Crippen LogP contribution >= 0.6 is 0 Å². The van der Waals surface area contributed by atoms with Gasteiger partial charge in [0.25, 0.3) is 0 Å². The standard InChI is InChI=1S/C21H31BO3/c1-14-7-6-8-19-17(13-24-20(14)19)11-15(2)22(23)25-16(3)12-18-9-10-21(18,4)5/h6-8,13,15-16,18,23H,9-12H2,1-5H3/t15-,16-,18?/m1/s1. The number of rotatable bonds is 7. The van der Waals surface area contributed by atoms with Crippen molar-refractivity contribution in [2.45, 2.75) is 72.2 Å². The van der Waals surface area contributed by atoms with Crippen LogP contribution in [0.1, 0.15) is 58.1 Å². The quantitative estimate of drug-likeness (QED) is 0.687. The molecule has 0 spiro atoms. The van der Waals surface area contributed by atoms with Gasteiger partial charge in [-0.25, -0.2) is 0 Å². The van der Waals surface area contributed by atoms with Crippen LogP contribution in [0.5, 0.6) is 0 Å². The third-order valence-electron chi connectivity index (χ3n) is 6.14. The SMILES string of the molecule is Cc1cccc2c(C[C@@H](C)B(O)O[C@H](C)CC3CCC3(C)C)coc12. The van der Waals surface area contributed by atoms with Crippen molar-refractivity contribution in [3.8, 4) is 0 Å². The van der Waals surface area contributed by atoms with Gasteiger partial charge in [0.2, 0.25) is 0 Å². The summed E-state index contributed by atoms with van der Waals surface area (Å²) in [5, 5.41) is 11.6. The first kappa shape index (κ1) is 18.5. The first-order chi connectivity index (χ1) is 11.8. The Hall–Kier alpha value is -1.26. The molecule has 0 amide bonds. The summed E-state index contributed by atoms with van der Waals surface area (Å²) < 4.78 is 11.6. The molecule has 1 aliphatic carbocycles. The summed E-state index contributed by atoms with van der Waals surface area (Å²) in [5.74, 6) is 0.740. The molecular formula is C21H31BO3. The van der Waals surface area contributed by atoms with Crippen LogP contribution in [0.15, 0.2) is 28.9 Å². The fourth-order valence-corrected chi connectivity index (χ4v) is 4.05. The molecule has 1 N–H and O–H groups in total. The van der Waals surface area contributed by atoms with Crippen LogP contribution in [0.3, 0.4) is 0 Å². The molecule has 1 aromatic heterocycles. The van der Waals surface area contributed by atoms with Crippen molar-refractivity contribution in [1.82, 2.24) is 0 Å². The van der Waals surface area contributed by atoms with Gasteiger partial charge in [-0.3, -0.25) is 0 Å². The van der Waals surface area contributed by atoms with E-state index in [1.54, 1.807) is 0 Å². The average molecular weight is 342 g/mol. The predicted molar refractivity (Wildman–Crippen MR) is 104 cm³/mol. The van der Waals surface area contributed by atoms with Crippen LogP contribution in [0.25, 0.3) is 11.0 Å². The minimum absolute atomic E-state index is 0.0261. The number of fused-ring (bicyclic) bond motifs is 1. The molecule has 0 bridgehead atoms. The van der Waals surface area contributed by atoms with Gasteiger partial charge in [-0.05, 0) is 67.8 Å². The lowest BCUT2D eigenvalue weighted by Crippen LogP contribution is -2.38. The first-order valence-electron chi connectivity index (χ1n) is 9.57. The Labute approximate surface area is 151 Å². The van der Waals surface area contributed by atoms with E-state index in [-0.39, 0.29) is 11.9 Å². The number of para-hydroxylation sites is 1. The molecule has 1 saturated carbocycles. The molecule has 136 valence electrons. The van der Waals surface area contributed by atoms with E-state index >= 15 is 0 Å². The summed E-state index contributed by atoms with van der Waals surface area (Å²) in [6.45, 7) is 10.8. The molecule has 3 rings (SSSR count). The first-order valence-corrected chi connectivity index (χ1v) is 9.57. The van der Waals surface area contributed by atoms with Crippen molar-refractivity contribution in [1.29, 1.82) is 0 Å². The maximum atomic E-state index is 10.5. The number of benzene rings is 1. The third-order valence-corrected chi connectivity index (χ3v) is 6.14. The summed E-state index contributed by atoms with van der Waals surface area (Å²) >= 11 is 0. The van der Waals surface area contributed by atoms with E-state index in [0.29, 0.717) is 11.3 Å². The predicted octanol–water partition coefficient (Wildman–Crippen LogP) is 5.39. The fraction of sp³-hybridized carbons (Fsp3) is 0.619. The second kappa shape index (κ2) is 7.16. The van der Waals surface area contributed by atoms with Gasteiger partial charge >= 0.3 is 7.12 Å². The zero-order chi connectivity index (χ0) is 18.2. The van der Waals surface area contributed by atoms with Crippen LogP contribution in [0.2, 0.25) is 5.82 Å². The summed E-state index contributed by atoms with van der Waals surface area (Å²) in [5.41, 5.74) is 3.66. The van der Waals surface area contributed by atoms with Crippen LogP contribution in [-0.4, -0.2) is 18.2 Å². The molecule has 0 aliphatic heterocycles. The van der Waals surface area contributed by atoms with Gasteiger partial charge in [0, 0.05) is 11.5 Å². The van der Waals surface area contributed by atoms with Crippen LogP contribution < -0.4 is 0 Å². The normalized spacial score (nSPS) is 21.8. The van der Waals surface area contributed by atoms with Gasteiger partial charge in [0.15, 0.2) is 0 Å². The molecule has 3 atom stereocenters. The molecule has 3 nitrogen and oxygen atoms in total. The largest absolute Gasteiger partial charge is 0.464 e. The number of hydrogen-bond acceptors (Lipinski definition) is 3. The molecular weight excluding hydrogens is 311 g/mol. The maximum Gasteiger partial charge on any atom is 0.457 e. The maximum absolute atomic E-state index is 10.5. The Bertz CT molecular complexity index is 721. The van der Waals surface area contributed by atoms with E-state index in [0.717, 1.165) is 34.9 Å². The second-order valence-corrected chi connectivity index (χ2v) is 8.69. The molecule has 4 heteroatoms. The fourth-order valence-electron chi connectivity index (χ4n) is 4.05. The van der Waals surface area contributed by atoms with Crippen LogP contribution in [-0.2, 0) is 11.1 Å². The topological polar surface area (TPSA) is 42.6 Å². The molecule has 0 radical (unpaired) electrons. The lowest BCUT2D eigenvalue weighted by molar-refractivity contribution is 0.0261. The number of furan rings is 1. The molecule has 1 unspecified atom stereocenters. The highest BCUT2D eigenvalue weighted by atomic mass is 16.5. The summed E-state index contributed by atoms with van der Waals surface area (Å²) in [4.78, 5) is 0. The van der Waals surface area contributed by atoms with Gasteiger partial charge < -0.3 is 14.1 Å². The van der Waals surface area contributed by atoms with E-state index in [2.05, 4.69) is 45.9 Å². The Morgan fingerprint density at radius 1 is 1.36 bits per heavy atom. The molecule has 1 aromatic carbocycles. The Morgan fingerprint density at radius 2 is 2.12 bits per heavy atom. The summed E-state index contributed by atoms with van der Waals surface area (Å²) in [6, 6.07) is 6.19. The Kier molecular flexibility index (Phi) is 5.31. The lowest BCUT2D eigenvalue weighted by Gasteiger charge is -2.46. The average Bonchev–Trinajstić information content (AvgIpc) is 2.96. The highest BCUT2D eigenvalue weighted by molar-refractivity contribution is 6.44. The van der Waals surface area contributed by atoms with E-state index in [4.69, 9.17) is 9.07 Å². The molecule has 1 heterocycles. The van der Waals surface area contributed by atoms with Crippen molar-refractivity contribution < 1.29 is 14.1 Å². The molecule has 0 saturated heterocycles. The second-order valence-electron chi connectivity index (χ2n) is 8.69. The minimum Gasteiger partial charge on any atom is -0.464 e. The highest BCUT2D eigenvalue weighted by Gasteiger charge is 2.39. The monoisotopic (exact) mass is 342 g/mol. The van der Waals surface area contributed by atoms with E-state index in [1.165, 1.54) is 12.8 Å². The lowest BCUT2D eigenvalue weighted by atomic mass is 9.60. The highest BCUT2D eigenvalue weighted by Crippen LogP contribution is 2.48. The van der Waals surface area contributed by atoms with Crippen molar-refractivity contribution in [2.24, 2.45) is 11.3 Å². The van der Waals surface area contributed by atoms with Crippen molar-refractivity contribution in [3.63, 3.8) is 0 Å². The zero-order valence-corrected chi connectivity index (χ0v) is 16.2. The third kappa shape index (κ3) is 3.96. The van der Waals surface area contributed by atoms with E-state index in [9.17, 15) is 5.02 Å². The van der Waals surface area contributed by atoms with Gasteiger partial charge in [-0.15, -0.1) is 0 Å². The zero-order valence-electron chi connectivity index (χ0n) is 16.2. The van der Waals surface area contributed by atoms with E-state index < -0.39 is 7.12 Å². The Balaban J connectivity index is 1.56. The van der Waals surface area contributed by atoms with Crippen molar-refractivity contribution in [2.75, 3.05) is 0 Å². The molecule has 1 aliphatic rings. The summed E-state index contributed by atoms with van der Waals surface area (Å²) in [6.07, 6.45) is 6.28. The van der Waals surface area contributed by atoms with Gasteiger partial charge in [-0.2, -0.15) is 0 Å². The van der Waals surface area contributed by atoms with E-state index in [1.807, 2.05) is 13.2 Å². The van der Waals surface area contributed by atoms with Crippen LogP contribution in [0.4, 0.5) is 0 Å². The molecule has 1 fully saturated rings. The molecule has 2 aromatic rings. The van der Waals surface area contributed by atoms with Crippen LogP contribution in [0, 0.1) is 18.3 Å². The van der Waals surface area contributed by atoms with Gasteiger partial charge in [-0.1, -0.05) is 39.0 Å². The number of hydrogen-bond donors (Lipinski definition) is 1. The summed E-state index contributed by atoms with van der Waals surface area (Å²) in [7, 11) is -0.743. The molecule has 25 heavy (non-hydrogen) atoms. The van der Waals surface area contributed by atoms with Gasteiger partial charge in [0.1, 0.15) is 5.58 Å². The van der Waals surface area contributed by atoms with Crippen molar-refractivity contribution >= 4 is 18.1 Å². The Morgan fingerprint density at radius 3 is 2.76 bits per heavy atom. The minimum atomic E-state index is -0.743.